The molecule has 0 atom stereocenters. The number of para-hydroxylation sites is 1. The van der Waals surface area contributed by atoms with Crippen molar-refractivity contribution in [1.82, 2.24) is 9.55 Å². The van der Waals surface area contributed by atoms with Gasteiger partial charge in [-0.05, 0) is 63.0 Å². The van der Waals surface area contributed by atoms with Crippen LogP contribution in [0.2, 0.25) is 0 Å². The Hall–Kier alpha value is -6.09. The normalized spacial score (nSPS) is 11.6. The molecule has 0 spiro atoms. The first-order valence-electron chi connectivity index (χ1n) is 18.3. The molecular formula is C50H33IrN2O2P-2. The summed E-state index contributed by atoms with van der Waals surface area (Å²) in [5.74, 6) is 0. The Labute approximate surface area is 337 Å². The first kappa shape index (κ1) is 35.6. The zero-order valence-corrected chi connectivity index (χ0v) is 33.6. The van der Waals surface area contributed by atoms with Crippen LogP contribution < -0.4 is 15.9 Å². The molecule has 3 heterocycles. The molecule has 271 valence electrons. The Kier molecular flexibility index (Phi) is 9.24. The second-order valence-corrected chi connectivity index (χ2v) is 16.5. The molecule has 0 saturated heterocycles. The van der Waals surface area contributed by atoms with Gasteiger partial charge >= 0.3 is 0 Å². The van der Waals surface area contributed by atoms with Crippen molar-refractivity contribution in [3.8, 4) is 11.3 Å². The van der Waals surface area contributed by atoms with Crippen LogP contribution in [-0.2, 0) is 31.7 Å². The molecule has 0 N–H and O–H groups in total. The number of nitrogens with zero attached hydrogens (tertiary/aromatic N) is 2. The third-order valence-electron chi connectivity index (χ3n) is 10.6. The van der Waals surface area contributed by atoms with Crippen molar-refractivity contribution in [3.63, 3.8) is 0 Å². The van der Waals surface area contributed by atoms with Crippen molar-refractivity contribution in [2.45, 2.75) is 0 Å². The van der Waals surface area contributed by atoms with E-state index in [1.54, 1.807) is 6.20 Å². The minimum atomic E-state index is -3.15. The molecule has 0 aliphatic rings. The van der Waals surface area contributed by atoms with Crippen LogP contribution >= 0.6 is 7.14 Å². The number of hydrogen-bond donors (Lipinski definition) is 0. The van der Waals surface area contributed by atoms with E-state index in [9.17, 15) is 0 Å². The van der Waals surface area contributed by atoms with Gasteiger partial charge in [0.05, 0.1) is 16.6 Å². The van der Waals surface area contributed by atoms with Crippen molar-refractivity contribution < 1.29 is 29.1 Å². The van der Waals surface area contributed by atoms with Crippen LogP contribution in [0.4, 0.5) is 0 Å². The van der Waals surface area contributed by atoms with Crippen LogP contribution in [0.1, 0.15) is 0 Å². The average Bonchev–Trinajstić information content (AvgIpc) is 3.78. The summed E-state index contributed by atoms with van der Waals surface area (Å²) in [7, 11) is -1.06. The smallest absolute Gasteiger partial charge is 0.147 e. The maximum Gasteiger partial charge on any atom is 0.147 e. The summed E-state index contributed by atoms with van der Waals surface area (Å²) < 4.78 is 23.6. The van der Waals surface area contributed by atoms with E-state index in [1.807, 2.05) is 91.0 Å². The molecule has 8 aromatic carbocycles. The SMILES string of the molecule is Cn1c2ccccc2c2oc3c(-c4ccccn4)[c-]ccc3c21.O=P(c1[c-]cc2ccccc2c1)(c1ccc2ccccc2c1)c1ccc2ccccc2c1.[Ir]. The predicted octanol–water partition coefficient (Wildman–Crippen LogP) is 11.5. The van der Waals surface area contributed by atoms with Gasteiger partial charge in [-0.2, -0.15) is 18.2 Å². The monoisotopic (exact) mass is 917 g/mol. The molecule has 6 heteroatoms. The molecule has 56 heavy (non-hydrogen) atoms. The Morgan fingerprint density at radius 3 is 1.82 bits per heavy atom. The van der Waals surface area contributed by atoms with E-state index in [0.717, 1.165) is 86.9 Å². The predicted molar refractivity (Wildman–Crippen MR) is 229 cm³/mol. The second-order valence-electron chi connectivity index (χ2n) is 13.8. The van der Waals surface area contributed by atoms with E-state index in [-0.39, 0.29) is 20.1 Å². The van der Waals surface area contributed by atoms with Gasteiger partial charge in [-0.3, -0.25) is 0 Å². The summed E-state index contributed by atoms with van der Waals surface area (Å²) in [6, 6.07) is 65.8. The number of furan rings is 1. The molecule has 0 fully saturated rings. The van der Waals surface area contributed by atoms with Crippen LogP contribution in [0, 0.1) is 12.1 Å². The molecule has 11 aromatic rings. The van der Waals surface area contributed by atoms with Gasteiger partial charge in [0.25, 0.3) is 0 Å². The van der Waals surface area contributed by atoms with Crippen LogP contribution in [0.25, 0.3) is 76.5 Å². The summed E-state index contributed by atoms with van der Waals surface area (Å²) in [5, 5.41) is 11.3. The zero-order chi connectivity index (χ0) is 36.9. The van der Waals surface area contributed by atoms with Crippen LogP contribution in [0.3, 0.4) is 0 Å². The van der Waals surface area contributed by atoms with Crippen molar-refractivity contribution >= 4 is 88.3 Å². The third kappa shape index (κ3) is 5.97. The van der Waals surface area contributed by atoms with Crippen LogP contribution in [-0.4, -0.2) is 9.55 Å². The standard InChI is InChI=1S/C30H20OP.C20H13N2O.Ir/c31-32(28-16-13-22-7-1-4-10-25(22)19-28,29-17-14-23-8-2-5-11-26(23)20-29)30-18-15-24-9-3-6-12-27(24)21-30;1-22-17-11-3-2-7-14(17)20-18(22)15-9-6-8-13(19(15)23-20)16-10-4-5-12-21-16;/h1-17,19-21H;2-7,9-12H,1H3;/q2*-1;. The van der Waals surface area contributed by atoms with Gasteiger partial charge in [0, 0.05) is 49.3 Å². The molecule has 0 saturated carbocycles. The maximum atomic E-state index is 15.1. The molecule has 0 bridgehead atoms. The van der Waals surface area contributed by atoms with Gasteiger partial charge in [0.1, 0.15) is 12.7 Å². The average molecular weight is 917 g/mol. The molecule has 0 amide bonds. The molecule has 3 aromatic heterocycles. The third-order valence-corrected chi connectivity index (χ3v) is 13.5. The molecule has 0 unspecified atom stereocenters. The Morgan fingerprint density at radius 2 is 1.16 bits per heavy atom. The first-order valence-corrected chi connectivity index (χ1v) is 20.0. The maximum absolute atomic E-state index is 15.1. The quantitative estimate of drug-likeness (QED) is 0.131. The number of hydrogen-bond acceptors (Lipinski definition) is 3. The molecule has 1 radical (unpaired) electrons. The van der Waals surface area contributed by atoms with E-state index < -0.39 is 7.14 Å². The van der Waals surface area contributed by atoms with Crippen LogP contribution in [0.15, 0.2) is 187 Å². The Balaban J connectivity index is 0.000000151. The van der Waals surface area contributed by atoms with Crippen molar-refractivity contribution in [1.29, 1.82) is 0 Å². The molecule has 0 aliphatic heterocycles. The van der Waals surface area contributed by atoms with Crippen LogP contribution in [0.5, 0.6) is 0 Å². The van der Waals surface area contributed by atoms with Gasteiger partial charge in [-0.1, -0.05) is 126 Å². The van der Waals surface area contributed by atoms with Gasteiger partial charge in [-0.25, -0.2) is 0 Å². The number of aryl methyl sites for hydroxylation is 1. The fourth-order valence-corrected chi connectivity index (χ4v) is 10.4. The van der Waals surface area contributed by atoms with Gasteiger partial charge < -0.3 is 18.5 Å². The zero-order valence-electron chi connectivity index (χ0n) is 30.3. The van der Waals surface area contributed by atoms with E-state index in [2.05, 4.69) is 114 Å². The summed E-state index contributed by atoms with van der Waals surface area (Å²) in [4.78, 5) is 4.44. The summed E-state index contributed by atoms with van der Waals surface area (Å²) >= 11 is 0. The van der Waals surface area contributed by atoms with Crippen molar-refractivity contribution in [2.24, 2.45) is 7.05 Å². The van der Waals surface area contributed by atoms with Gasteiger partial charge in [-0.15, -0.1) is 35.0 Å². The van der Waals surface area contributed by atoms with Crippen molar-refractivity contribution in [2.75, 3.05) is 0 Å². The van der Waals surface area contributed by atoms with Crippen molar-refractivity contribution in [3.05, 3.63) is 194 Å². The Morgan fingerprint density at radius 1 is 0.571 bits per heavy atom. The number of aromatic nitrogens is 2. The van der Waals surface area contributed by atoms with E-state index in [0.29, 0.717) is 0 Å². The van der Waals surface area contributed by atoms with Gasteiger partial charge in [0.15, 0.2) is 0 Å². The largest absolute Gasteiger partial charge is 0.498 e. The fourth-order valence-electron chi connectivity index (χ4n) is 7.81. The molecule has 4 nitrogen and oxygen atoms in total. The second kappa shape index (κ2) is 14.5. The Bertz CT molecular complexity index is 3080. The molecule has 11 rings (SSSR count). The molecular weight excluding hydrogens is 884 g/mol. The fraction of sp³-hybridized carbons (Fsp3) is 0.0200. The summed E-state index contributed by atoms with van der Waals surface area (Å²) in [6.07, 6.45) is 1.79. The summed E-state index contributed by atoms with van der Waals surface area (Å²) in [6.45, 7) is 0. The minimum Gasteiger partial charge on any atom is -0.498 e. The molecule has 0 aliphatic carbocycles. The number of benzene rings is 8. The minimum absolute atomic E-state index is 0. The van der Waals surface area contributed by atoms with E-state index in [1.165, 1.54) is 5.52 Å². The van der Waals surface area contributed by atoms with E-state index in [4.69, 9.17) is 4.42 Å². The number of rotatable bonds is 4. The number of pyridine rings is 1. The van der Waals surface area contributed by atoms with Gasteiger partial charge in [0.2, 0.25) is 0 Å². The summed E-state index contributed by atoms with van der Waals surface area (Å²) in [5.41, 5.74) is 5.85. The topological polar surface area (TPSA) is 48.0 Å². The van der Waals surface area contributed by atoms with E-state index >= 15 is 4.57 Å². The number of fused-ring (bicyclic) bond motifs is 8. The first-order chi connectivity index (χ1) is 27.1.